The molecule has 0 nitrogen and oxygen atoms in total. The molecule has 2 heteroatoms. The summed E-state index contributed by atoms with van der Waals surface area (Å²) in [4.78, 5) is 0. The molecule has 0 N–H and O–H groups in total. The van der Waals surface area contributed by atoms with Crippen LogP contribution in [0.1, 0.15) is 83.0 Å². The molecule has 0 spiro atoms. The average molecular weight is 610 g/mol. The van der Waals surface area contributed by atoms with E-state index in [0.29, 0.717) is 0 Å². The standard InChI is InChI=1S/2C10H9.2C4H9.C2H7Si.Hf/c2*1-8-6-9-4-2-3-5-10(9)7-8;2*1-3-4-2;1-3-2;/h2*2-7H,1H3;2*1,3-4H2,2H3;3H,1-2H3;. The van der Waals surface area contributed by atoms with Crippen molar-refractivity contribution in [3.05, 3.63) is 81.9 Å². The fraction of sp³-hybridized carbons (Fsp3) is 0.467. The van der Waals surface area contributed by atoms with Crippen LogP contribution in [0.25, 0.3) is 12.2 Å². The summed E-state index contributed by atoms with van der Waals surface area (Å²) in [5, 5.41) is 0. The van der Waals surface area contributed by atoms with Crippen molar-refractivity contribution in [3.63, 3.8) is 0 Å². The number of hydrogen-bond donors (Lipinski definition) is 0. The van der Waals surface area contributed by atoms with Crippen molar-refractivity contribution >= 4 is 18.1 Å². The van der Waals surface area contributed by atoms with Gasteiger partial charge in [0.1, 0.15) is 0 Å². The van der Waals surface area contributed by atoms with Crippen LogP contribution in [-0.2, 0) is 17.7 Å². The molecule has 4 rings (SSSR count). The molecule has 0 radical (unpaired) electrons. The maximum atomic E-state index is 2.78. The Morgan fingerprint density at radius 1 is 0.688 bits per heavy atom. The Labute approximate surface area is 198 Å². The summed E-state index contributed by atoms with van der Waals surface area (Å²) >= 11 is -3.69. The van der Waals surface area contributed by atoms with Crippen LogP contribution < -0.4 is 0 Å². The minimum atomic E-state index is -3.69. The van der Waals surface area contributed by atoms with E-state index in [0.717, 1.165) is 7.35 Å². The molecule has 2 aliphatic carbocycles. The quantitative estimate of drug-likeness (QED) is 0.248. The van der Waals surface area contributed by atoms with E-state index >= 15 is 0 Å². The fourth-order valence-electron chi connectivity index (χ4n) is 8.26. The van der Waals surface area contributed by atoms with Gasteiger partial charge in [-0.1, -0.05) is 0 Å². The SMILES string of the molecule is CCC[CH2][Hf]([CH2]CCC)([CH]1C(C)=Cc2ccccc21)([CH]1C(C)=Cc2ccccc21)[SiH](C)C. The maximum absolute atomic E-state index is 3.69. The van der Waals surface area contributed by atoms with E-state index in [1.165, 1.54) is 36.8 Å². The van der Waals surface area contributed by atoms with Gasteiger partial charge in [-0.15, -0.1) is 0 Å². The Bertz CT molecular complexity index is 965. The molecular formula is C30H43HfSi. The van der Waals surface area contributed by atoms with Gasteiger partial charge in [-0.3, -0.25) is 0 Å². The summed E-state index contributed by atoms with van der Waals surface area (Å²) in [6, 6.07) is 18.9. The van der Waals surface area contributed by atoms with Crippen LogP contribution in [0.4, 0.5) is 0 Å². The van der Waals surface area contributed by atoms with E-state index in [2.05, 4.69) is 101 Å². The summed E-state index contributed by atoms with van der Waals surface area (Å²) in [7, 11) is 0. The molecule has 2 aromatic carbocycles. The molecule has 0 amide bonds. The molecule has 2 aromatic rings. The van der Waals surface area contributed by atoms with Gasteiger partial charge in [-0.2, -0.15) is 0 Å². The summed E-state index contributed by atoms with van der Waals surface area (Å²) < 4.78 is 4.61. The van der Waals surface area contributed by atoms with Gasteiger partial charge < -0.3 is 0 Å². The van der Waals surface area contributed by atoms with Crippen molar-refractivity contribution in [2.24, 2.45) is 0 Å². The first kappa shape index (κ1) is 24.1. The van der Waals surface area contributed by atoms with Gasteiger partial charge in [0.15, 0.2) is 0 Å². The third kappa shape index (κ3) is 3.47. The Hall–Kier alpha value is -0.993. The van der Waals surface area contributed by atoms with Crippen LogP contribution in [0, 0.1) is 0 Å². The second-order valence-corrected chi connectivity index (χ2v) is 60.1. The van der Waals surface area contributed by atoms with E-state index in [9.17, 15) is 0 Å². The van der Waals surface area contributed by atoms with Crippen molar-refractivity contribution in [1.29, 1.82) is 0 Å². The molecule has 171 valence electrons. The molecule has 0 saturated carbocycles. The fourth-order valence-corrected chi connectivity index (χ4v) is 79.8. The molecule has 32 heavy (non-hydrogen) atoms. The van der Waals surface area contributed by atoms with Crippen molar-refractivity contribution in [2.75, 3.05) is 0 Å². The van der Waals surface area contributed by atoms with Gasteiger partial charge in [0.05, 0.1) is 0 Å². The zero-order chi connectivity index (χ0) is 23.0. The monoisotopic (exact) mass is 611 g/mol. The van der Waals surface area contributed by atoms with E-state index < -0.39 is 23.7 Å². The number of hydrogen-bond acceptors (Lipinski definition) is 0. The normalized spacial score (nSPS) is 21.0. The minimum absolute atomic E-state index is 0.743. The number of allylic oxidation sites excluding steroid dienone is 2. The summed E-state index contributed by atoms with van der Waals surface area (Å²) in [6.07, 6.45) is 10.6. The molecule has 0 heterocycles. The van der Waals surface area contributed by atoms with Gasteiger partial charge in [0, 0.05) is 0 Å². The predicted octanol–water partition coefficient (Wildman–Crippen LogP) is 9.41. The van der Waals surface area contributed by atoms with Crippen molar-refractivity contribution in [1.82, 2.24) is 0 Å². The first-order chi connectivity index (χ1) is 15.4. The summed E-state index contributed by atoms with van der Waals surface area (Å²) in [6.45, 7) is 15.4. The molecule has 2 aliphatic rings. The molecule has 0 fully saturated rings. The first-order valence-corrected chi connectivity index (χ1v) is 31.4. The third-order valence-electron chi connectivity index (χ3n) is 9.54. The number of fused-ring (bicyclic) bond motifs is 2. The second kappa shape index (κ2) is 9.33. The van der Waals surface area contributed by atoms with Gasteiger partial charge in [-0.25, -0.2) is 0 Å². The molecule has 0 bridgehead atoms. The number of rotatable bonds is 9. The molecule has 0 aromatic heterocycles. The molecule has 2 atom stereocenters. The van der Waals surface area contributed by atoms with E-state index in [1.807, 2.05) is 0 Å². The van der Waals surface area contributed by atoms with Crippen LogP contribution in [0.5, 0.6) is 0 Å². The molecular weight excluding hydrogens is 567 g/mol. The molecule has 2 unspecified atom stereocenters. The predicted molar refractivity (Wildman–Crippen MR) is 144 cm³/mol. The van der Waals surface area contributed by atoms with Crippen molar-refractivity contribution < 1.29 is 17.7 Å². The second-order valence-electron chi connectivity index (χ2n) is 11.2. The topological polar surface area (TPSA) is 0 Å². The van der Waals surface area contributed by atoms with E-state index in [4.69, 9.17) is 0 Å². The summed E-state index contributed by atoms with van der Waals surface area (Å²) in [5.41, 5.74) is 9.85. The zero-order valence-electron chi connectivity index (χ0n) is 21.2. The summed E-state index contributed by atoms with van der Waals surface area (Å²) in [5.74, 6) is -0.983. The van der Waals surface area contributed by atoms with Crippen LogP contribution in [-0.4, -0.2) is 5.98 Å². The molecule has 0 aliphatic heterocycles. The van der Waals surface area contributed by atoms with Gasteiger partial charge >= 0.3 is 200 Å². The Morgan fingerprint density at radius 2 is 1.09 bits per heavy atom. The van der Waals surface area contributed by atoms with Gasteiger partial charge in [-0.05, 0) is 0 Å². The van der Waals surface area contributed by atoms with Gasteiger partial charge in [0.2, 0.25) is 0 Å². The average Bonchev–Trinajstić information content (AvgIpc) is 3.31. The zero-order valence-corrected chi connectivity index (χ0v) is 26.0. The molecule has 0 saturated heterocycles. The Kier molecular flexibility index (Phi) is 7.04. The first-order valence-electron chi connectivity index (χ1n) is 13.1. The third-order valence-corrected chi connectivity index (χ3v) is 82.1. The van der Waals surface area contributed by atoms with Gasteiger partial charge in [0.25, 0.3) is 0 Å². The van der Waals surface area contributed by atoms with Crippen LogP contribution in [0.15, 0.2) is 59.7 Å². The van der Waals surface area contributed by atoms with Crippen molar-refractivity contribution in [2.45, 2.75) is 82.2 Å². The van der Waals surface area contributed by atoms with Crippen LogP contribution >= 0.6 is 0 Å². The van der Waals surface area contributed by atoms with Crippen molar-refractivity contribution in [3.8, 4) is 0 Å². The van der Waals surface area contributed by atoms with E-state index in [1.54, 1.807) is 30.6 Å². The van der Waals surface area contributed by atoms with E-state index in [-0.39, 0.29) is 0 Å². The number of unbranched alkanes of at least 4 members (excludes halogenated alkanes) is 2. The Morgan fingerprint density at radius 3 is 1.47 bits per heavy atom. The number of benzene rings is 2. The van der Waals surface area contributed by atoms with Crippen LogP contribution in [0.3, 0.4) is 0 Å². The van der Waals surface area contributed by atoms with Crippen LogP contribution in [0.2, 0.25) is 21.4 Å². The Balaban J connectivity index is 2.09.